The molecule has 0 aromatic carbocycles. The Bertz CT molecular complexity index is 292. The van der Waals surface area contributed by atoms with Crippen molar-refractivity contribution in [3.63, 3.8) is 0 Å². The molecule has 15 heavy (non-hydrogen) atoms. The predicted octanol–water partition coefficient (Wildman–Crippen LogP) is -0.0980. The van der Waals surface area contributed by atoms with Gasteiger partial charge in [-0.2, -0.15) is 0 Å². The third-order valence-electron chi connectivity index (χ3n) is 2.85. The maximum absolute atomic E-state index is 11.5. The lowest BCUT2D eigenvalue weighted by molar-refractivity contribution is -0.156. The molecule has 2 aliphatic heterocycles. The lowest BCUT2D eigenvalue weighted by atomic mass is 9.83. The summed E-state index contributed by atoms with van der Waals surface area (Å²) in [6.07, 6.45) is 2.86. The highest BCUT2D eigenvalue weighted by Crippen LogP contribution is 2.40. The Morgan fingerprint density at radius 3 is 1.73 bits per heavy atom. The van der Waals surface area contributed by atoms with Crippen molar-refractivity contribution in [2.24, 2.45) is 11.8 Å². The molecular weight excluding hydrogens is 200 g/mol. The molecule has 5 nitrogen and oxygen atoms in total. The first-order chi connectivity index (χ1) is 7.19. The van der Waals surface area contributed by atoms with Gasteiger partial charge in [0.05, 0.1) is 26.4 Å². The zero-order valence-corrected chi connectivity index (χ0v) is 8.51. The second kappa shape index (κ2) is 3.66. The van der Waals surface area contributed by atoms with E-state index in [9.17, 15) is 9.59 Å². The average molecular weight is 212 g/mol. The molecule has 0 saturated carbocycles. The molecule has 4 atom stereocenters. The third-order valence-corrected chi connectivity index (χ3v) is 2.85. The number of fused-ring (bicyclic) bond motifs is 2. The molecule has 1 saturated heterocycles. The molecule has 5 heteroatoms. The predicted molar refractivity (Wildman–Crippen MR) is 48.8 cm³/mol. The molecule has 0 aliphatic carbocycles. The van der Waals surface area contributed by atoms with Gasteiger partial charge in [0.15, 0.2) is 0 Å². The average Bonchev–Trinajstić information content (AvgIpc) is 2.86. The van der Waals surface area contributed by atoms with Crippen molar-refractivity contribution >= 4 is 11.9 Å². The first kappa shape index (κ1) is 10.2. The monoisotopic (exact) mass is 212 g/mol. The fourth-order valence-electron chi connectivity index (χ4n) is 2.14. The first-order valence-electron chi connectivity index (χ1n) is 4.68. The van der Waals surface area contributed by atoms with E-state index in [0.717, 1.165) is 0 Å². The van der Waals surface area contributed by atoms with Crippen molar-refractivity contribution in [3.05, 3.63) is 12.2 Å². The van der Waals surface area contributed by atoms with E-state index in [4.69, 9.17) is 4.74 Å². The zero-order chi connectivity index (χ0) is 11.0. The van der Waals surface area contributed by atoms with Crippen LogP contribution < -0.4 is 0 Å². The Hall–Kier alpha value is -1.36. The summed E-state index contributed by atoms with van der Waals surface area (Å²) in [6, 6.07) is 0. The maximum atomic E-state index is 11.5. The van der Waals surface area contributed by atoms with Gasteiger partial charge in [-0.05, 0) is 0 Å². The second-order valence-electron chi connectivity index (χ2n) is 3.55. The summed E-state index contributed by atoms with van der Waals surface area (Å²) in [5.41, 5.74) is 0. The molecule has 2 heterocycles. The van der Waals surface area contributed by atoms with Crippen molar-refractivity contribution < 1.29 is 23.8 Å². The minimum Gasteiger partial charge on any atom is -0.469 e. The van der Waals surface area contributed by atoms with Gasteiger partial charge < -0.3 is 14.2 Å². The molecule has 0 N–H and O–H groups in total. The number of esters is 2. The number of carbonyl (C=O) groups excluding carboxylic acids is 2. The van der Waals surface area contributed by atoms with Gasteiger partial charge in [-0.25, -0.2) is 0 Å². The summed E-state index contributed by atoms with van der Waals surface area (Å²) >= 11 is 0. The van der Waals surface area contributed by atoms with E-state index in [2.05, 4.69) is 9.47 Å². The van der Waals surface area contributed by atoms with Crippen LogP contribution >= 0.6 is 0 Å². The Morgan fingerprint density at radius 1 is 1.00 bits per heavy atom. The van der Waals surface area contributed by atoms with Crippen LogP contribution in [-0.2, 0) is 23.8 Å². The van der Waals surface area contributed by atoms with Crippen LogP contribution in [0.1, 0.15) is 0 Å². The standard InChI is InChI=1S/C10H12O5/c1-13-9(11)7-5-3-4-6(15-5)8(7)10(12)14-2/h3-8H,1-2H3/t5-,6-,7?,8?/m1/s1. The zero-order valence-electron chi connectivity index (χ0n) is 8.51. The van der Waals surface area contributed by atoms with Gasteiger partial charge in [-0.15, -0.1) is 0 Å². The topological polar surface area (TPSA) is 61.8 Å². The summed E-state index contributed by atoms with van der Waals surface area (Å²) in [6.45, 7) is 0. The molecule has 0 radical (unpaired) electrons. The van der Waals surface area contributed by atoms with E-state index in [0.29, 0.717) is 0 Å². The van der Waals surface area contributed by atoms with Gasteiger partial charge in [0.1, 0.15) is 11.8 Å². The van der Waals surface area contributed by atoms with Crippen molar-refractivity contribution in [3.8, 4) is 0 Å². The number of hydrogen-bond donors (Lipinski definition) is 0. The number of ether oxygens (including phenoxy) is 3. The SMILES string of the molecule is COC(=O)C1C(C(=O)OC)[C@H]2C=C[C@H]1O2. The lowest BCUT2D eigenvalue weighted by Crippen LogP contribution is -2.37. The maximum Gasteiger partial charge on any atom is 0.312 e. The van der Waals surface area contributed by atoms with Crippen LogP contribution in [0.5, 0.6) is 0 Å². The smallest absolute Gasteiger partial charge is 0.312 e. The van der Waals surface area contributed by atoms with Gasteiger partial charge in [0.25, 0.3) is 0 Å². The fourth-order valence-corrected chi connectivity index (χ4v) is 2.14. The summed E-state index contributed by atoms with van der Waals surface area (Å²) in [5.74, 6) is -2.00. The lowest BCUT2D eigenvalue weighted by Gasteiger charge is -2.20. The van der Waals surface area contributed by atoms with E-state index in [1.54, 1.807) is 12.2 Å². The van der Waals surface area contributed by atoms with Gasteiger partial charge in [0.2, 0.25) is 0 Å². The largest absolute Gasteiger partial charge is 0.469 e. The molecule has 0 spiro atoms. The highest BCUT2D eigenvalue weighted by Gasteiger charge is 2.54. The van der Waals surface area contributed by atoms with Gasteiger partial charge in [-0.1, -0.05) is 12.2 Å². The second-order valence-corrected chi connectivity index (χ2v) is 3.55. The molecule has 2 unspecified atom stereocenters. The molecule has 0 amide bonds. The third kappa shape index (κ3) is 1.43. The molecule has 0 aromatic heterocycles. The van der Waals surface area contributed by atoms with Crippen LogP contribution in [0.3, 0.4) is 0 Å². The van der Waals surface area contributed by atoms with Crippen LogP contribution in [0.15, 0.2) is 12.2 Å². The van der Waals surface area contributed by atoms with E-state index >= 15 is 0 Å². The normalized spacial score (nSPS) is 36.7. The molecule has 2 bridgehead atoms. The summed E-state index contributed by atoms with van der Waals surface area (Å²) in [4.78, 5) is 23.0. The molecule has 0 aromatic rings. The van der Waals surface area contributed by atoms with Gasteiger partial charge >= 0.3 is 11.9 Å². The van der Waals surface area contributed by atoms with Crippen molar-refractivity contribution in [1.82, 2.24) is 0 Å². The number of hydrogen-bond acceptors (Lipinski definition) is 5. The Morgan fingerprint density at radius 2 is 1.40 bits per heavy atom. The quantitative estimate of drug-likeness (QED) is 0.472. The minimum absolute atomic E-state index is 0.355. The van der Waals surface area contributed by atoms with Gasteiger partial charge in [0, 0.05) is 0 Å². The van der Waals surface area contributed by atoms with E-state index < -0.39 is 23.8 Å². The van der Waals surface area contributed by atoms with E-state index in [1.165, 1.54) is 14.2 Å². The first-order valence-corrected chi connectivity index (χ1v) is 4.68. The van der Waals surface area contributed by atoms with Crippen LogP contribution in [0.4, 0.5) is 0 Å². The summed E-state index contributed by atoms with van der Waals surface area (Å²) in [7, 11) is 2.60. The molecule has 2 aliphatic rings. The van der Waals surface area contributed by atoms with Crippen molar-refractivity contribution in [2.75, 3.05) is 14.2 Å². The fraction of sp³-hybridized carbons (Fsp3) is 0.600. The molecule has 82 valence electrons. The van der Waals surface area contributed by atoms with Crippen LogP contribution in [0.2, 0.25) is 0 Å². The highest BCUT2D eigenvalue weighted by atomic mass is 16.6. The van der Waals surface area contributed by atoms with Crippen LogP contribution in [0, 0.1) is 11.8 Å². The highest BCUT2D eigenvalue weighted by molar-refractivity contribution is 5.84. The van der Waals surface area contributed by atoms with Crippen molar-refractivity contribution in [2.45, 2.75) is 12.2 Å². The number of rotatable bonds is 2. The molecular formula is C10H12O5. The molecule has 1 fully saturated rings. The Kier molecular flexibility index (Phi) is 2.48. The minimum atomic E-state index is -0.572. The van der Waals surface area contributed by atoms with Gasteiger partial charge in [-0.3, -0.25) is 9.59 Å². The summed E-state index contributed by atoms with van der Waals surface area (Å²) < 4.78 is 14.7. The number of carbonyl (C=O) groups is 2. The molecule has 2 rings (SSSR count). The van der Waals surface area contributed by atoms with E-state index in [-0.39, 0.29) is 12.2 Å². The van der Waals surface area contributed by atoms with Crippen LogP contribution in [0.25, 0.3) is 0 Å². The summed E-state index contributed by atoms with van der Waals surface area (Å²) in [5, 5.41) is 0. The Balaban J connectivity index is 2.24. The number of methoxy groups -OCH3 is 2. The van der Waals surface area contributed by atoms with Crippen LogP contribution in [-0.4, -0.2) is 38.4 Å². The Labute approximate surface area is 87.0 Å². The van der Waals surface area contributed by atoms with E-state index in [1.807, 2.05) is 0 Å². The van der Waals surface area contributed by atoms with Crippen molar-refractivity contribution in [1.29, 1.82) is 0 Å².